The molecule has 2 rings (SSSR count). The molecule has 0 spiro atoms. The Balaban J connectivity index is 0.00000288. The molecule has 136 valence electrons. The van der Waals surface area contributed by atoms with Crippen LogP contribution in [-0.4, -0.2) is 30.3 Å². The molecule has 3 unspecified atom stereocenters. The summed E-state index contributed by atoms with van der Waals surface area (Å²) < 4.78 is 26.4. The van der Waals surface area contributed by atoms with Crippen molar-refractivity contribution in [3.8, 4) is 0 Å². The molecule has 0 amide bonds. The van der Waals surface area contributed by atoms with Gasteiger partial charge in [-0.05, 0) is 44.4 Å². The highest BCUT2D eigenvalue weighted by Gasteiger charge is 2.24. The molecule has 1 aromatic carbocycles. The van der Waals surface area contributed by atoms with Crippen LogP contribution >= 0.6 is 24.0 Å². The van der Waals surface area contributed by atoms with Gasteiger partial charge in [-0.15, -0.1) is 24.0 Å². The first-order valence-corrected chi connectivity index (χ1v) is 8.19. The van der Waals surface area contributed by atoms with Gasteiger partial charge < -0.3 is 15.7 Å². The lowest BCUT2D eigenvalue weighted by molar-refractivity contribution is 0.136. The summed E-state index contributed by atoms with van der Waals surface area (Å²) in [4.78, 5) is 4.52. The smallest absolute Gasteiger partial charge is 0.191 e. The summed E-state index contributed by atoms with van der Waals surface area (Å²) in [5, 5.41) is 16.2. The Labute approximate surface area is 159 Å². The zero-order valence-electron chi connectivity index (χ0n) is 14.1. The lowest BCUT2D eigenvalue weighted by Gasteiger charge is -2.19. The van der Waals surface area contributed by atoms with E-state index in [2.05, 4.69) is 15.6 Å². The molecule has 0 aliphatic heterocycles. The Morgan fingerprint density at radius 2 is 2.08 bits per heavy atom. The Kier molecular flexibility index (Phi) is 8.90. The van der Waals surface area contributed by atoms with Crippen molar-refractivity contribution < 1.29 is 13.9 Å². The Morgan fingerprint density at radius 1 is 1.33 bits per heavy atom. The van der Waals surface area contributed by atoms with E-state index < -0.39 is 11.6 Å². The zero-order valence-corrected chi connectivity index (χ0v) is 16.4. The summed E-state index contributed by atoms with van der Waals surface area (Å²) in [6.45, 7) is 5.08. The molecule has 0 radical (unpaired) electrons. The number of benzene rings is 1. The third-order valence-corrected chi connectivity index (χ3v) is 4.24. The first-order valence-electron chi connectivity index (χ1n) is 8.19. The van der Waals surface area contributed by atoms with Crippen LogP contribution in [0.3, 0.4) is 0 Å². The van der Waals surface area contributed by atoms with E-state index in [1.165, 1.54) is 6.07 Å². The van der Waals surface area contributed by atoms with Crippen molar-refractivity contribution >= 4 is 29.9 Å². The lowest BCUT2D eigenvalue weighted by atomic mass is 10.1. The molecule has 3 N–H and O–H groups in total. The van der Waals surface area contributed by atoms with Crippen molar-refractivity contribution in [2.24, 2.45) is 10.9 Å². The Bertz CT molecular complexity index is 557. The standard InChI is InChI=1S/C17H25F2N3O.HI/c1-3-20-17(21-10-13-5-4-6-16(13)23)22-11(2)12-7-8-14(18)15(19)9-12;/h7-9,11,13,16,23H,3-6,10H2,1-2H3,(H2,20,21,22);1H. The third-order valence-electron chi connectivity index (χ3n) is 4.24. The van der Waals surface area contributed by atoms with Gasteiger partial charge in [0.25, 0.3) is 0 Å². The number of hydrogen-bond acceptors (Lipinski definition) is 2. The van der Waals surface area contributed by atoms with Gasteiger partial charge in [0.1, 0.15) is 0 Å². The maximum absolute atomic E-state index is 13.3. The molecule has 7 heteroatoms. The van der Waals surface area contributed by atoms with E-state index in [0.717, 1.165) is 25.3 Å². The minimum absolute atomic E-state index is 0. The van der Waals surface area contributed by atoms with Gasteiger partial charge in [-0.2, -0.15) is 0 Å². The molecular formula is C17H26F2IN3O. The SMILES string of the molecule is CCNC(=NCC1CCCC1O)NC(C)c1ccc(F)c(F)c1.I. The van der Waals surface area contributed by atoms with Crippen molar-refractivity contribution in [2.45, 2.75) is 45.3 Å². The van der Waals surface area contributed by atoms with Gasteiger partial charge >= 0.3 is 0 Å². The van der Waals surface area contributed by atoms with Crippen LogP contribution in [0.2, 0.25) is 0 Å². The molecule has 24 heavy (non-hydrogen) atoms. The van der Waals surface area contributed by atoms with Crippen LogP contribution in [0.25, 0.3) is 0 Å². The largest absolute Gasteiger partial charge is 0.393 e. The van der Waals surface area contributed by atoms with Crippen molar-refractivity contribution in [1.29, 1.82) is 0 Å². The van der Waals surface area contributed by atoms with Crippen LogP contribution in [0, 0.1) is 17.6 Å². The number of guanidine groups is 1. The molecule has 1 aromatic rings. The van der Waals surface area contributed by atoms with E-state index in [4.69, 9.17) is 0 Å². The summed E-state index contributed by atoms with van der Waals surface area (Å²) in [5.74, 6) is -0.892. The van der Waals surface area contributed by atoms with E-state index in [1.54, 1.807) is 6.07 Å². The maximum atomic E-state index is 13.3. The molecule has 3 atom stereocenters. The van der Waals surface area contributed by atoms with Gasteiger partial charge in [-0.3, -0.25) is 4.99 Å². The second-order valence-corrected chi connectivity index (χ2v) is 6.02. The van der Waals surface area contributed by atoms with E-state index in [-0.39, 0.29) is 42.0 Å². The van der Waals surface area contributed by atoms with Gasteiger partial charge in [-0.25, -0.2) is 8.78 Å². The van der Waals surface area contributed by atoms with Gasteiger partial charge in [0.2, 0.25) is 0 Å². The van der Waals surface area contributed by atoms with Crippen LogP contribution in [0.1, 0.15) is 44.7 Å². The minimum Gasteiger partial charge on any atom is -0.393 e. The summed E-state index contributed by atoms with van der Waals surface area (Å²) in [6.07, 6.45) is 2.60. The quantitative estimate of drug-likeness (QED) is 0.364. The number of aliphatic hydroxyl groups is 1. The van der Waals surface area contributed by atoms with Crippen molar-refractivity contribution in [1.82, 2.24) is 10.6 Å². The van der Waals surface area contributed by atoms with E-state index in [9.17, 15) is 13.9 Å². The first-order chi connectivity index (χ1) is 11.0. The van der Waals surface area contributed by atoms with Gasteiger partial charge in [0.15, 0.2) is 17.6 Å². The number of nitrogens with zero attached hydrogens (tertiary/aromatic N) is 1. The Hall–Kier alpha value is -0.960. The number of aliphatic imine (C=N–C) groups is 1. The molecule has 1 saturated carbocycles. The molecule has 0 aromatic heterocycles. The summed E-state index contributed by atoms with van der Waals surface area (Å²) in [6, 6.07) is 3.66. The normalized spacial score (nSPS) is 22.0. The summed E-state index contributed by atoms with van der Waals surface area (Å²) in [7, 11) is 0. The van der Waals surface area contributed by atoms with Crippen LogP contribution in [-0.2, 0) is 0 Å². The third kappa shape index (κ3) is 5.84. The van der Waals surface area contributed by atoms with Crippen LogP contribution < -0.4 is 10.6 Å². The molecule has 1 fully saturated rings. The zero-order chi connectivity index (χ0) is 16.8. The first kappa shape index (κ1) is 21.1. The number of aliphatic hydroxyl groups excluding tert-OH is 1. The molecule has 1 aliphatic rings. The molecule has 4 nitrogen and oxygen atoms in total. The highest BCUT2D eigenvalue weighted by Crippen LogP contribution is 2.25. The second kappa shape index (κ2) is 10.1. The van der Waals surface area contributed by atoms with E-state index in [1.807, 2.05) is 13.8 Å². The molecule has 0 saturated heterocycles. The average Bonchev–Trinajstić information content (AvgIpc) is 2.93. The minimum atomic E-state index is -0.854. The summed E-state index contributed by atoms with van der Waals surface area (Å²) >= 11 is 0. The van der Waals surface area contributed by atoms with Crippen LogP contribution in [0.4, 0.5) is 8.78 Å². The fraction of sp³-hybridized carbons (Fsp3) is 0.588. The predicted molar refractivity (Wildman–Crippen MR) is 103 cm³/mol. The second-order valence-electron chi connectivity index (χ2n) is 6.02. The van der Waals surface area contributed by atoms with Gasteiger partial charge in [0.05, 0.1) is 12.1 Å². The topological polar surface area (TPSA) is 56.7 Å². The van der Waals surface area contributed by atoms with E-state index >= 15 is 0 Å². The number of rotatable bonds is 5. The maximum Gasteiger partial charge on any atom is 0.191 e. The predicted octanol–water partition coefficient (Wildman–Crippen LogP) is 3.36. The highest BCUT2D eigenvalue weighted by atomic mass is 127. The van der Waals surface area contributed by atoms with Crippen LogP contribution in [0.5, 0.6) is 0 Å². The van der Waals surface area contributed by atoms with Crippen molar-refractivity contribution in [2.75, 3.05) is 13.1 Å². The van der Waals surface area contributed by atoms with Crippen LogP contribution in [0.15, 0.2) is 23.2 Å². The molecule has 0 bridgehead atoms. The molecule has 1 aliphatic carbocycles. The number of hydrogen-bond donors (Lipinski definition) is 3. The molecular weight excluding hydrogens is 427 g/mol. The van der Waals surface area contributed by atoms with E-state index in [0.29, 0.717) is 24.6 Å². The molecule has 0 heterocycles. The number of halogens is 3. The average molecular weight is 453 g/mol. The highest BCUT2D eigenvalue weighted by molar-refractivity contribution is 14.0. The fourth-order valence-electron chi connectivity index (χ4n) is 2.83. The summed E-state index contributed by atoms with van der Waals surface area (Å²) in [5.41, 5.74) is 0.649. The lowest BCUT2D eigenvalue weighted by Crippen LogP contribution is -2.39. The van der Waals surface area contributed by atoms with Crippen molar-refractivity contribution in [3.63, 3.8) is 0 Å². The Morgan fingerprint density at radius 3 is 2.67 bits per heavy atom. The number of nitrogens with one attached hydrogen (secondary N) is 2. The monoisotopic (exact) mass is 453 g/mol. The van der Waals surface area contributed by atoms with Crippen molar-refractivity contribution in [3.05, 3.63) is 35.4 Å². The van der Waals surface area contributed by atoms with Gasteiger partial charge in [-0.1, -0.05) is 12.5 Å². The van der Waals surface area contributed by atoms with Gasteiger partial charge in [0, 0.05) is 19.0 Å². The fourth-order valence-corrected chi connectivity index (χ4v) is 2.83.